The van der Waals surface area contributed by atoms with Crippen LogP contribution in [0.5, 0.6) is 5.75 Å². The average Bonchev–Trinajstić information content (AvgIpc) is 3.23. The lowest BCUT2D eigenvalue weighted by Gasteiger charge is -2.16. The number of nitrogens with zero attached hydrogens (tertiary/aromatic N) is 1. The van der Waals surface area contributed by atoms with E-state index in [1.807, 2.05) is 38.1 Å². The summed E-state index contributed by atoms with van der Waals surface area (Å²) in [5.74, 6) is -1.39. The summed E-state index contributed by atoms with van der Waals surface area (Å²) in [4.78, 5) is 46.3. The van der Waals surface area contributed by atoms with Gasteiger partial charge < -0.3 is 4.74 Å². The van der Waals surface area contributed by atoms with E-state index in [4.69, 9.17) is 14.5 Å². The van der Waals surface area contributed by atoms with Crippen molar-refractivity contribution in [2.24, 2.45) is 0 Å². The van der Waals surface area contributed by atoms with Gasteiger partial charge in [0.1, 0.15) is 0 Å². The van der Waals surface area contributed by atoms with E-state index in [1.165, 1.54) is 0 Å². The van der Waals surface area contributed by atoms with Gasteiger partial charge in [0.2, 0.25) is 0 Å². The first-order valence-corrected chi connectivity index (χ1v) is 12.5. The molecule has 0 saturated heterocycles. The quantitative estimate of drug-likeness (QED) is 0.0900. The molecule has 39 heavy (non-hydrogen) atoms. The molecule has 1 aliphatic rings. The third-order valence-corrected chi connectivity index (χ3v) is 6.64. The fourth-order valence-electron chi connectivity index (χ4n) is 4.81. The predicted octanol–water partition coefficient (Wildman–Crippen LogP) is 7.45. The second-order valence-electron chi connectivity index (χ2n) is 9.20. The van der Waals surface area contributed by atoms with Crippen LogP contribution in [0.1, 0.15) is 47.4 Å². The van der Waals surface area contributed by atoms with Crippen molar-refractivity contribution < 1.29 is 29.0 Å². The molecule has 2 bridgehead atoms. The van der Waals surface area contributed by atoms with Crippen LogP contribution in [0.3, 0.4) is 0 Å². The van der Waals surface area contributed by atoms with Crippen molar-refractivity contribution in [3.05, 3.63) is 106 Å². The normalized spacial score (nSPS) is 12.3. The Morgan fingerprint density at radius 3 is 2.41 bits per heavy atom. The van der Waals surface area contributed by atoms with Crippen molar-refractivity contribution in [3.8, 4) is 28.0 Å². The molecule has 8 nitrogen and oxygen atoms in total. The molecule has 0 aliphatic heterocycles. The van der Waals surface area contributed by atoms with E-state index < -0.39 is 16.9 Å². The van der Waals surface area contributed by atoms with Crippen molar-refractivity contribution >= 4 is 28.4 Å². The molecule has 4 aromatic carbocycles. The highest BCUT2D eigenvalue weighted by Crippen LogP contribution is 2.49. The molecule has 0 radical (unpaired) electrons. The summed E-state index contributed by atoms with van der Waals surface area (Å²) in [7, 11) is 0. The molecule has 0 amide bonds. The summed E-state index contributed by atoms with van der Waals surface area (Å²) in [5, 5.41) is 13.3. The van der Waals surface area contributed by atoms with Gasteiger partial charge in [0, 0.05) is 0 Å². The second-order valence-corrected chi connectivity index (χ2v) is 9.20. The third-order valence-electron chi connectivity index (χ3n) is 6.64. The summed E-state index contributed by atoms with van der Waals surface area (Å²) in [6, 6.07) is 20.2. The molecule has 0 aromatic heterocycles. The number of nitro groups is 1. The number of rotatable bonds is 8. The first kappa shape index (κ1) is 25.7. The largest absolute Gasteiger partial charge is 0.484 e. The van der Waals surface area contributed by atoms with Gasteiger partial charge >= 0.3 is 17.6 Å². The molecular weight excluding hydrogens is 498 g/mol. The van der Waals surface area contributed by atoms with Gasteiger partial charge in [-0.1, -0.05) is 42.5 Å². The van der Waals surface area contributed by atoms with Gasteiger partial charge in [-0.25, -0.2) is 19.4 Å². The summed E-state index contributed by atoms with van der Waals surface area (Å²) in [6.07, 6.45) is 5.34. The van der Waals surface area contributed by atoms with Gasteiger partial charge in [-0.3, -0.25) is 10.1 Å². The van der Waals surface area contributed by atoms with Gasteiger partial charge in [0.25, 0.3) is 0 Å². The van der Waals surface area contributed by atoms with Crippen molar-refractivity contribution in [2.45, 2.75) is 32.8 Å². The van der Waals surface area contributed by atoms with E-state index >= 15 is 0 Å². The van der Waals surface area contributed by atoms with Gasteiger partial charge in [-0.05, 0) is 96.8 Å². The van der Waals surface area contributed by atoms with E-state index in [0.717, 1.165) is 29.5 Å². The van der Waals surface area contributed by atoms with Gasteiger partial charge in [-0.2, -0.15) is 0 Å². The standard InChI is InChI=1S/C31H25NO7/c1-3-4-6-9-19(2)37-27-17-16-22-24(29(27)32(35)36)15-14-23-26-18-21(28(22)23)12-13-25(26)31(34)39-38-30(33)20-10-7-5-8-11-20/h3-5,7-8,10-19H,6,9H2,1-2H3/b4-3+/t19-/m1/s1. The molecule has 1 atom stereocenters. The number of fused-ring (bicyclic) bond motifs is 7. The molecule has 8 heteroatoms. The average molecular weight is 524 g/mol. The number of ether oxygens (including phenoxy) is 1. The number of hydrogen-bond acceptors (Lipinski definition) is 7. The Kier molecular flexibility index (Phi) is 7.10. The minimum atomic E-state index is -0.824. The zero-order valence-corrected chi connectivity index (χ0v) is 21.4. The Morgan fingerprint density at radius 2 is 1.67 bits per heavy atom. The van der Waals surface area contributed by atoms with Gasteiger partial charge in [0.15, 0.2) is 5.75 Å². The maximum atomic E-state index is 12.8. The summed E-state index contributed by atoms with van der Waals surface area (Å²) >= 11 is 0. The number of hydrogen-bond donors (Lipinski definition) is 0. The topological polar surface area (TPSA) is 105 Å². The second kappa shape index (κ2) is 10.8. The minimum Gasteiger partial charge on any atom is -0.484 e. The number of carbonyl (C=O) groups excluding carboxylic acids is 2. The first-order valence-electron chi connectivity index (χ1n) is 12.5. The Bertz CT molecular complexity index is 1630. The zero-order chi connectivity index (χ0) is 27.5. The molecule has 0 saturated carbocycles. The van der Waals surface area contributed by atoms with Crippen molar-refractivity contribution in [1.29, 1.82) is 0 Å². The summed E-state index contributed by atoms with van der Waals surface area (Å²) in [5.41, 5.74) is 3.27. The van der Waals surface area contributed by atoms with Crippen molar-refractivity contribution in [1.82, 2.24) is 0 Å². The molecule has 0 unspecified atom stereocenters. The van der Waals surface area contributed by atoms with Crippen LogP contribution < -0.4 is 4.74 Å². The first-order chi connectivity index (χ1) is 18.9. The van der Waals surface area contributed by atoms with Crippen LogP contribution in [0.2, 0.25) is 0 Å². The number of carbonyl (C=O) groups is 2. The molecule has 0 spiro atoms. The maximum Gasteiger partial charge on any atom is 0.386 e. The lowest BCUT2D eigenvalue weighted by Crippen LogP contribution is -2.12. The van der Waals surface area contributed by atoms with Crippen LogP contribution in [0.15, 0.2) is 84.9 Å². The lowest BCUT2D eigenvalue weighted by atomic mass is 9.96. The monoisotopic (exact) mass is 523 g/mol. The molecule has 0 N–H and O–H groups in total. The SMILES string of the molecule is C/C=C/CC[C@@H](C)Oc1ccc2c3c(ccc2c1[N+](=O)[O-])-c1cc-3ccc1C(=O)OOC(=O)c1ccccc1. The van der Waals surface area contributed by atoms with Crippen molar-refractivity contribution in [3.63, 3.8) is 0 Å². The van der Waals surface area contributed by atoms with E-state index in [9.17, 15) is 19.7 Å². The van der Waals surface area contributed by atoms with E-state index in [-0.39, 0.29) is 28.7 Å². The summed E-state index contributed by atoms with van der Waals surface area (Å²) < 4.78 is 5.98. The highest BCUT2D eigenvalue weighted by molar-refractivity contribution is 6.14. The van der Waals surface area contributed by atoms with Crippen LogP contribution in [-0.4, -0.2) is 23.0 Å². The highest BCUT2D eigenvalue weighted by atomic mass is 17.2. The van der Waals surface area contributed by atoms with E-state index in [2.05, 4.69) is 0 Å². The van der Waals surface area contributed by atoms with Crippen LogP contribution >= 0.6 is 0 Å². The Hall–Kier alpha value is -4.98. The van der Waals surface area contributed by atoms with Crippen LogP contribution in [0.4, 0.5) is 5.69 Å². The Balaban J connectivity index is 1.44. The number of nitro benzene ring substituents is 1. The third kappa shape index (κ3) is 4.96. The summed E-state index contributed by atoms with van der Waals surface area (Å²) in [6.45, 7) is 3.84. The zero-order valence-electron chi connectivity index (χ0n) is 21.4. The lowest BCUT2D eigenvalue weighted by molar-refractivity contribution is -0.384. The molecule has 4 aromatic rings. The Labute approximate surface area is 224 Å². The fourth-order valence-corrected chi connectivity index (χ4v) is 4.81. The molecular formula is C31H25NO7. The van der Waals surface area contributed by atoms with Gasteiger partial charge in [-0.15, -0.1) is 0 Å². The fraction of sp³-hybridized carbons (Fsp3) is 0.161. The van der Waals surface area contributed by atoms with Crippen molar-refractivity contribution in [2.75, 3.05) is 0 Å². The van der Waals surface area contributed by atoms with Gasteiger partial charge in [0.05, 0.1) is 27.5 Å². The smallest absolute Gasteiger partial charge is 0.386 e. The van der Waals surface area contributed by atoms with E-state index in [1.54, 1.807) is 60.7 Å². The maximum absolute atomic E-state index is 12.8. The van der Waals surface area contributed by atoms with Crippen LogP contribution in [0, 0.1) is 10.1 Å². The molecule has 0 heterocycles. The number of benzene rings is 4. The molecule has 5 rings (SSSR count). The highest BCUT2D eigenvalue weighted by Gasteiger charge is 2.29. The predicted molar refractivity (Wildman–Crippen MR) is 146 cm³/mol. The molecule has 1 aliphatic carbocycles. The Morgan fingerprint density at radius 1 is 0.923 bits per heavy atom. The van der Waals surface area contributed by atoms with E-state index in [0.29, 0.717) is 16.3 Å². The molecule has 0 fully saturated rings. The van der Waals surface area contributed by atoms with Crippen LogP contribution in [-0.2, 0) is 9.78 Å². The molecule has 196 valence electrons. The number of allylic oxidation sites excluding steroid dienone is 2. The van der Waals surface area contributed by atoms with Crippen LogP contribution in [0.25, 0.3) is 33.0 Å². The minimum absolute atomic E-state index is 0.0966.